The van der Waals surface area contributed by atoms with E-state index in [-0.39, 0.29) is 23.8 Å². The molecular formula is C28H35N5O6. The number of hydrogen-bond acceptors (Lipinski definition) is 7. The molecule has 1 amide bonds. The van der Waals surface area contributed by atoms with Crippen LogP contribution in [0.15, 0.2) is 36.5 Å². The number of nitro groups is 1. The zero-order valence-corrected chi connectivity index (χ0v) is 22.3. The number of rotatable bonds is 12. The number of benzene rings is 1. The van der Waals surface area contributed by atoms with Crippen molar-refractivity contribution in [3.63, 3.8) is 0 Å². The van der Waals surface area contributed by atoms with Crippen LogP contribution in [0.2, 0.25) is 0 Å². The maximum Gasteiger partial charge on any atom is 0.311 e. The fraction of sp³-hybridized carbons (Fsp3) is 0.464. The van der Waals surface area contributed by atoms with Crippen LogP contribution in [0.4, 0.5) is 11.5 Å². The number of nitro benzene ring substituents is 1. The highest BCUT2D eigenvalue weighted by Gasteiger charge is 2.29. The van der Waals surface area contributed by atoms with Gasteiger partial charge >= 0.3 is 11.7 Å². The molecule has 1 unspecified atom stereocenters. The highest BCUT2D eigenvalue weighted by Crippen LogP contribution is 2.36. The second kappa shape index (κ2) is 12.6. The van der Waals surface area contributed by atoms with Gasteiger partial charge in [-0.3, -0.25) is 24.1 Å². The molecule has 3 N–H and O–H groups in total. The number of amides is 1. The third-order valence-corrected chi connectivity index (χ3v) is 7.30. The van der Waals surface area contributed by atoms with E-state index in [0.29, 0.717) is 34.8 Å². The summed E-state index contributed by atoms with van der Waals surface area (Å²) in [6, 6.07) is 7.56. The first-order valence-corrected chi connectivity index (χ1v) is 13.4. The van der Waals surface area contributed by atoms with Crippen LogP contribution in [0.25, 0.3) is 16.9 Å². The Bertz CT molecular complexity index is 1350. The number of methoxy groups -OCH3 is 1. The Morgan fingerprint density at radius 2 is 2.03 bits per heavy atom. The summed E-state index contributed by atoms with van der Waals surface area (Å²) in [5.41, 5.74) is 1.46. The number of aliphatic carboxylic acids is 1. The van der Waals surface area contributed by atoms with E-state index < -0.39 is 22.8 Å². The van der Waals surface area contributed by atoms with Crippen LogP contribution >= 0.6 is 0 Å². The summed E-state index contributed by atoms with van der Waals surface area (Å²) in [7, 11) is 1.38. The fourth-order valence-corrected chi connectivity index (χ4v) is 5.28. The lowest BCUT2D eigenvalue weighted by molar-refractivity contribution is -0.385. The number of pyridine rings is 1. The Labute approximate surface area is 226 Å². The van der Waals surface area contributed by atoms with Crippen molar-refractivity contribution >= 4 is 29.0 Å². The van der Waals surface area contributed by atoms with Crippen LogP contribution < -0.4 is 15.4 Å². The number of ether oxygens (including phenoxy) is 1. The highest BCUT2D eigenvalue weighted by atomic mass is 16.6. The molecule has 2 aromatic heterocycles. The molecule has 1 aliphatic rings. The van der Waals surface area contributed by atoms with Gasteiger partial charge < -0.3 is 20.5 Å². The summed E-state index contributed by atoms with van der Waals surface area (Å²) in [6.07, 6.45) is 8.45. The molecule has 0 aliphatic heterocycles. The van der Waals surface area contributed by atoms with Gasteiger partial charge in [-0.25, -0.2) is 4.98 Å². The molecule has 11 nitrogen and oxygen atoms in total. The molecule has 208 valence electrons. The SMILES string of the molecule is CCCCNc1c(-c2ccc(OC)c([N+](=O)[O-])c2)nc2c(C(=O)NC(CC(=O)O)C3CCCCC3)cccn12. The van der Waals surface area contributed by atoms with Crippen LogP contribution in [-0.2, 0) is 4.79 Å². The minimum absolute atomic E-state index is 0.111. The number of aromatic nitrogens is 2. The standard InChI is InChI=1S/C28H35N5O6/c1-3-4-14-29-27-25(19-12-13-23(39-2)22(16-19)33(37)38)31-26-20(11-8-15-32(26)27)28(36)30-21(17-24(34)35)18-9-6-5-7-10-18/h8,11-13,15-16,18,21,29H,3-7,9-10,14,17H2,1-2H3,(H,30,36)(H,34,35). The van der Waals surface area contributed by atoms with E-state index in [9.17, 15) is 24.8 Å². The zero-order chi connectivity index (χ0) is 27.9. The lowest BCUT2D eigenvalue weighted by Crippen LogP contribution is -2.42. The third-order valence-electron chi connectivity index (χ3n) is 7.30. The van der Waals surface area contributed by atoms with Crippen molar-refractivity contribution in [2.75, 3.05) is 19.0 Å². The van der Waals surface area contributed by atoms with Crippen LogP contribution in [0.1, 0.15) is 68.6 Å². The van der Waals surface area contributed by atoms with Gasteiger partial charge in [0.25, 0.3) is 5.91 Å². The topological polar surface area (TPSA) is 148 Å². The number of imidazole rings is 1. The molecule has 0 bridgehead atoms. The number of anilines is 1. The van der Waals surface area contributed by atoms with Gasteiger partial charge in [0.15, 0.2) is 11.4 Å². The lowest BCUT2D eigenvalue weighted by Gasteiger charge is -2.30. The predicted octanol–water partition coefficient (Wildman–Crippen LogP) is 5.28. The fourth-order valence-electron chi connectivity index (χ4n) is 5.28. The second-order valence-corrected chi connectivity index (χ2v) is 9.92. The number of unbranched alkanes of at least 4 members (excludes halogenated alkanes) is 1. The summed E-state index contributed by atoms with van der Waals surface area (Å²) in [4.78, 5) is 41.1. The van der Waals surface area contributed by atoms with E-state index in [1.54, 1.807) is 28.8 Å². The van der Waals surface area contributed by atoms with E-state index in [1.807, 2.05) is 0 Å². The molecule has 0 spiro atoms. The molecule has 1 fully saturated rings. The summed E-state index contributed by atoms with van der Waals surface area (Å²) in [5, 5.41) is 27.6. The van der Waals surface area contributed by atoms with E-state index in [2.05, 4.69) is 17.6 Å². The number of carbonyl (C=O) groups is 2. The molecule has 0 radical (unpaired) electrons. The van der Waals surface area contributed by atoms with Gasteiger partial charge in [-0.1, -0.05) is 32.6 Å². The van der Waals surface area contributed by atoms with Crippen LogP contribution in [0, 0.1) is 16.0 Å². The van der Waals surface area contributed by atoms with Gasteiger partial charge in [0, 0.05) is 30.4 Å². The average molecular weight is 538 g/mol. The molecule has 1 atom stereocenters. The Kier molecular flexibility index (Phi) is 9.00. The van der Waals surface area contributed by atoms with Crippen molar-refractivity contribution in [2.24, 2.45) is 5.92 Å². The Morgan fingerprint density at radius 3 is 2.69 bits per heavy atom. The van der Waals surface area contributed by atoms with E-state index in [0.717, 1.165) is 44.9 Å². The predicted molar refractivity (Wildman–Crippen MR) is 147 cm³/mol. The molecule has 1 aromatic carbocycles. The molecule has 3 aromatic rings. The van der Waals surface area contributed by atoms with Gasteiger partial charge in [0.05, 0.1) is 24.0 Å². The van der Waals surface area contributed by atoms with Crippen LogP contribution in [-0.4, -0.2) is 51.0 Å². The first-order chi connectivity index (χ1) is 18.8. The maximum atomic E-state index is 13.6. The molecule has 1 saturated carbocycles. The van der Waals surface area contributed by atoms with E-state index in [4.69, 9.17) is 9.72 Å². The maximum absolute atomic E-state index is 13.6. The Hall–Kier alpha value is -4.15. The number of nitrogens with one attached hydrogen (secondary N) is 2. The van der Waals surface area contributed by atoms with Gasteiger partial charge in [0.1, 0.15) is 11.5 Å². The smallest absolute Gasteiger partial charge is 0.311 e. The molecule has 11 heteroatoms. The minimum Gasteiger partial charge on any atom is -0.490 e. The van der Waals surface area contributed by atoms with Crippen LogP contribution in [0.5, 0.6) is 5.75 Å². The van der Waals surface area contributed by atoms with Gasteiger partial charge in [-0.05, 0) is 49.4 Å². The van der Waals surface area contributed by atoms with Gasteiger partial charge in [0.2, 0.25) is 0 Å². The van der Waals surface area contributed by atoms with Gasteiger partial charge in [-0.15, -0.1) is 0 Å². The molecule has 39 heavy (non-hydrogen) atoms. The average Bonchev–Trinajstić information content (AvgIpc) is 3.31. The highest BCUT2D eigenvalue weighted by molar-refractivity contribution is 6.01. The largest absolute Gasteiger partial charge is 0.490 e. The molecule has 1 aliphatic carbocycles. The second-order valence-electron chi connectivity index (χ2n) is 9.92. The monoisotopic (exact) mass is 537 g/mol. The van der Waals surface area contributed by atoms with Gasteiger partial charge in [-0.2, -0.15) is 0 Å². The molecule has 4 rings (SSSR count). The Morgan fingerprint density at radius 1 is 1.26 bits per heavy atom. The van der Waals surface area contributed by atoms with Crippen molar-refractivity contribution in [3.8, 4) is 17.0 Å². The molecule has 2 heterocycles. The molecule has 0 saturated heterocycles. The quantitative estimate of drug-likeness (QED) is 0.160. The number of carboxylic acids is 1. The number of nitrogens with zero attached hydrogens (tertiary/aromatic N) is 3. The van der Waals surface area contributed by atoms with Crippen molar-refractivity contribution in [1.82, 2.24) is 14.7 Å². The molecular weight excluding hydrogens is 502 g/mol. The summed E-state index contributed by atoms with van der Waals surface area (Å²) >= 11 is 0. The van der Waals surface area contributed by atoms with Crippen molar-refractivity contribution in [1.29, 1.82) is 0 Å². The number of hydrogen-bond donors (Lipinski definition) is 3. The zero-order valence-electron chi connectivity index (χ0n) is 22.3. The first kappa shape index (κ1) is 27.9. The Balaban J connectivity index is 1.76. The number of carboxylic acid groups (broad SMARTS) is 1. The van der Waals surface area contributed by atoms with Crippen molar-refractivity contribution in [2.45, 2.75) is 64.3 Å². The van der Waals surface area contributed by atoms with Crippen molar-refractivity contribution < 1.29 is 24.4 Å². The van der Waals surface area contributed by atoms with E-state index in [1.165, 1.54) is 19.2 Å². The first-order valence-electron chi connectivity index (χ1n) is 13.4. The minimum atomic E-state index is -0.948. The summed E-state index contributed by atoms with van der Waals surface area (Å²) in [6.45, 7) is 2.72. The summed E-state index contributed by atoms with van der Waals surface area (Å²) in [5.74, 6) is -0.479. The normalized spacial score (nSPS) is 14.6. The van der Waals surface area contributed by atoms with Crippen LogP contribution in [0.3, 0.4) is 0 Å². The third kappa shape index (κ3) is 6.30. The number of fused-ring (bicyclic) bond motifs is 1. The lowest BCUT2D eigenvalue weighted by atomic mass is 9.82. The summed E-state index contributed by atoms with van der Waals surface area (Å²) < 4.78 is 6.92. The van der Waals surface area contributed by atoms with E-state index >= 15 is 0 Å². The number of carbonyl (C=O) groups excluding carboxylic acids is 1. The van der Waals surface area contributed by atoms with Crippen molar-refractivity contribution in [3.05, 3.63) is 52.2 Å².